The predicted molar refractivity (Wildman–Crippen MR) is 72.9 cm³/mol. The van der Waals surface area contributed by atoms with Crippen LogP contribution in [0, 0.1) is 6.92 Å². The number of carbonyl (C=O) groups is 1. The normalized spacial score (nSPS) is 15.9. The zero-order chi connectivity index (χ0) is 13.0. The van der Waals surface area contributed by atoms with E-state index >= 15 is 0 Å². The van der Waals surface area contributed by atoms with Crippen molar-refractivity contribution in [1.29, 1.82) is 0 Å². The molecule has 0 bridgehead atoms. The number of nitrogens with zero attached hydrogens (tertiary/aromatic N) is 1. The number of nitrogens with one attached hydrogen (secondary N) is 2. The van der Waals surface area contributed by atoms with Gasteiger partial charge in [-0.1, -0.05) is 24.4 Å². The third kappa shape index (κ3) is 3.68. The summed E-state index contributed by atoms with van der Waals surface area (Å²) < 4.78 is 0. The van der Waals surface area contributed by atoms with Crippen molar-refractivity contribution in [3.63, 3.8) is 0 Å². The van der Waals surface area contributed by atoms with Crippen LogP contribution in [0.1, 0.15) is 31.2 Å². The van der Waals surface area contributed by atoms with E-state index in [2.05, 4.69) is 15.6 Å². The lowest BCUT2D eigenvalue weighted by Gasteiger charge is -2.12. The predicted octanol–water partition coefficient (Wildman–Crippen LogP) is 2.51. The van der Waals surface area contributed by atoms with Gasteiger partial charge in [0.15, 0.2) is 5.15 Å². The summed E-state index contributed by atoms with van der Waals surface area (Å²) in [5, 5.41) is 6.37. The van der Waals surface area contributed by atoms with Crippen molar-refractivity contribution in [3.8, 4) is 0 Å². The van der Waals surface area contributed by atoms with Gasteiger partial charge in [0.1, 0.15) is 0 Å². The highest BCUT2D eigenvalue weighted by Gasteiger charge is 2.15. The highest BCUT2D eigenvalue weighted by molar-refractivity contribution is 6.32. The molecule has 0 radical (unpaired) electrons. The Kier molecular flexibility index (Phi) is 4.55. The molecule has 1 saturated carbocycles. The van der Waals surface area contributed by atoms with Gasteiger partial charge in [-0.3, -0.25) is 4.79 Å². The molecule has 0 unspecified atom stereocenters. The van der Waals surface area contributed by atoms with Gasteiger partial charge in [-0.2, -0.15) is 0 Å². The SMILES string of the molecule is Cc1cnc(Cl)c(NC(=O)CNC2CCCC2)c1. The fourth-order valence-corrected chi connectivity index (χ4v) is 2.35. The Balaban J connectivity index is 1.84. The van der Waals surface area contributed by atoms with Crippen molar-refractivity contribution in [2.24, 2.45) is 0 Å². The highest BCUT2D eigenvalue weighted by atomic mass is 35.5. The Morgan fingerprint density at radius 3 is 2.94 bits per heavy atom. The molecule has 1 aromatic heterocycles. The average Bonchev–Trinajstić information content (AvgIpc) is 2.84. The number of aromatic nitrogens is 1. The van der Waals surface area contributed by atoms with Crippen molar-refractivity contribution in [1.82, 2.24) is 10.3 Å². The minimum atomic E-state index is -0.0730. The largest absolute Gasteiger partial charge is 0.322 e. The molecule has 98 valence electrons. The van der Waals surface area contributed by atoms with Gasteiger partial charge in [-0.25, -0.2) is 4.98 Å². The van der Waals surface area contributed by atoms with E-state index < -0.39 is 0 Å². The number of hydrogen-bond acceptors (Lipinski definition) is 3. The Bertz CT molecular complexity index is 430. The van der Waals surface area contributed by atoms with E-state index in [9.17, 15) is 4.79 Å². The summed E-state index contributed by atoms with van der Waals surface area (Å²) in [7, 11) is 0. The summed E-state index contributed by atoms with van der Waals surface area (Å²) in [4.78, 5) is 15.8. The fraction of sp³-hybridized carbons (Fsp3) is 0.538. The minimum Gasteiger partial charge on any atom is -0.322 e. The standard InChI is InChI=1S/C13H18ClN3O/c1-9-6-11(13(14)16-7-9)17-12(18)8-15-10-4-2-3-5-10/h6-7,10,15H,2-5,8H2,1H3,(H,17,18). The molecule has 1 aromatic rings. The summed E-state index contributed by atoms with van der Waals surface area (Å²) in [5.41, 5.74) is 1.55. The van der Waals surface area contributed by atoms with Crippen molar-refractivity contribution >= 4 is 23.2 Å². The molecular formula is C13H18ClN3O. The first-order valence-electron chi connectivity index (χ1n) is 6.30. The highest BCUT2D eigenvalue weighted by Crippen LogP contribution is 2.20. The number of rotatable bonds is 4. The van der Waals surface area contributed by atoms with Crippen LogP contribution in [0.5, 0.6) is 0 Å². The van der Waals surface area contributed by atoms with Crippen LogP contribution in [0.25, 0.3) is 0 Å². The molecule has 2 N–H and O–H groups in total. The first-order chi connectivity index (χ1) is 8.65. The van der Waals surface area contributed by atoms with E-state index in [-0.39, 0.29) is 5.91 Å². The van der Waals surface area contributed by atoms with Crippen LogP contribution < -0.4 is 10.6 Å². The van der Waals surface area contributed by atoms with E-state index in [4.69, 9.17) is 11.6 Å². The molecule has 1 fully saturated rings. The summed E-state index contributed by atoms with van der Waals surface area (Å²) in [6.07, 6.45) is 6.52. The number of anilines is 1. The number of aryl methyl sites for hydroxylation is 1. The van der Waals surface area contributed by atoms with E-state index in [1.54, 1.807) is 6.20 Å². The molecule has 0 atom stereocenters. The molecule has 1 aliphatic carbocycles. The van der Waals surface area contributed by atoms with Crippen LogP contribution in [0.15, 0.2) is 12.3 Å². The lowest BCUT2D eigenvalue weighted by Crippen LogP contribution is -2.34. The van der Waals surface area contributed by atoms with Crippen molar-refractivity contribution in [2.75, 3.05) is 11.9 Å². The maximum atomic E-state index is 11.8. The molecule has 4 nitrogen and oxygen atoms in total. The molecule has 0 spiro atoms. The lowest BCUT2D eigenvalue weighted by molar-refractivity contribution is -0.115. The summed E-state index contributed by atoms with van der Waals surface area (Å²) >= 11 is 5.92. The zero-order valence-electron chi connectivity index (χ0n) is 10.5. The molecular weight excluding hydrogens is 250 g/mol. The smallest absolute Gasteiger partial charge is 0.238 e. The maximum absolute atomic E-state index is 11.8. The lowest BCUT2D eigenvalue weighted by atomic mass is 10.2. The van der Waals surface area contributed by atoms with E-state index in [0.29, 0.717) is 23.4 Å². The van der Waals surface area contributed by atoms with Crippen LogP contribution in [0.4, 0.5) is 5.69 Å². The second-order valence-corrected chi connectivity index (χ2v) is 5.12. The van der Waals surface area contributed by atoms with Crippen LogP contribution >= 0.6 is 11.6 Å². The van der Waals surface area contributed by atoms with Gasteiger partial charge in [0.25, 0.3) is 0 Å². The Morgan fingerprint density at radius 2 is 2.22 bits per heavy atom. The zero-order valence-corrected chi connectivity index (χ0v) is 11.3. The summed E-state index contributed by atoms with van der Waals surface area (Å²) in [6.45, 7) is 2.24. The topological polar surface area (TPSA) is 54.0 Å². The first kappa shape index (κ1) is 13.3. The second-order valence-electron chi connectivity index (χ2n) is 4.76. The molecule has 0 saturated heterocycles. The third-order valence-corrected chi connectivity index (χ3v) is 3.46. The van der Waals surface area contributed by atoms with Gasteiger partial charge < -0.3 is 10.6 Å². The average molecular weight is 268 g/mol. The van der Waals surface area contributed by atoms with Crippen LogP contribution in [-0.2, 0) is 4.79 Å². The van der Waals surface area contributed by atoms with E-state index in [1.165, 1.54) is 25.7 Å². The summed E-state index contributed by atoms with van der Waals surface area (Å²) in [5.74, 6) is -0.0730. The van der Waals surface area contributed by atoms with E-state index in [0.717, 1.165) is 5.56 Å². The van der Waals surface area contributed by atoms with Crippen LogP contribution in [-0.4, -0.2) is 23.5 Å². The van der Waals surface area contributed by atoms with Gasteiger partial charge in [0.2, 0.25) is 5.91 Å². The molecule has 1 heterocycles. The number of pyridine rings is 1. The van der Waals surface area contributed by atoms with Crippen LogP contribution in [0.2, 0.25) is 5.15 Å². The molecule has 0 aromatic carbocycles. The molecule has 1 amide bonds. The third-order valence-electron chi connectivity index (χ3n) is 3.16. The van der Waals surface area contributed by atoms with Gasteiger partial charge in [-0.05, 0) is 31.4 Å². The fourth-order valence-electron chi connectivity index (χ4n) is 2.20. The quantitative estimate of drug-likeness (QED) is 0.825. The van der Waals surface area contributed by atoms with Gasteiger partial charge in [-0.15, -0.1) is 0 Å². The van der Waals surface area contributed by atoms with Crippen molar-refractivity contribution < 1.29 is 4.79 Å². The molecule has 5 heteroatoms. The molecule has 2 rings (SSSR count). The second kappa shape index (κ2) is 6.16. The molecule has 18 heavy (non-hydrogen) atoms. The number of hydrogen-bond donors (Lipinski definition) is 2. The molecule has 1 aliphatic rings. The molecule has 0 aliphatic heterocycles. The van der Waals surface area contributed by atoms with Gasteiger partial charge in [0, 0.05) is 12.2 Å². The minimum absolute atomic E-state index is 0.0730. The van der Waals surface area contributed by atoms with Gasteiger partial charge in [0.05, 0.1) is 12.2 Å². The maximum Gasteiger partial charge on any atom is 0.238 e. The first-order valence-corrected chi connectivity index (χ1v) is 6.68. The van der Waals surface area contributed by atoms with Gasteiger partial charge >= 0.3 is 0 Å². The summed E-state index contributed by atoms with van der Waals surface area (Å²) in [6, 6.07) is 2.31. The monoisotopic (exact) mass is 267 g/mol. The Labute approximate surface area is 112 Å². The number of amides is 1. The Hall–Kier alpha value is -1.13. The Morgan fingerprint density at radius 1 is 1.50 bits per heavy atom. The number of halogens is 1. The van der Waals surface area contributed by atoms with Crippen molar-refractivity contribution in [3.05, 3.63) is 23.0 Å². The van der Waals surface area contributed by atoms with Crippen molar-refractivity contribution in [2.45, 2.75) is 38.6 Å². The number of carbonyl (C=O) groups excluding carboxylic acids is 1. The van der Waals surface area contributed by atoms with Crippen LogP contribution in [0.3, 0.4) is 0 Å². The van der Waals surface area contributed by atoms with E-state index in [1.807, 2.05) is 13.0 Å².